The van der Waals surface area contributed by atoms with Gasteiger partial charge in [0.25, 0.3) is 0 Å². The number of ether oxygens (including phenoxy) is 1. The molecule has 0 radical (unpaired) electrons. The molecule has 88 valence electrons. The molecule has 2 rings (SSSR count). The van der Waals surface area contributed by atoms with E-state index in [1.54, 1.807) is 0 Å². The number of rotatable bonds is 3. The molecule has 15 heavy (non-hydrogen) atoms. The van der Waals surface area contributed by atoms with Gasteiger partial charge in [0.1, 0.15) is 6.17 Å². The molecule has 0 aromatic carbocycles. The summed E-state index contributed by atoms with van der Waals surface area (Å²) in [5.41, 5.74) is 0. The van der Waals surface area contributed by atoms with Crippen molar-refractivity contribution in [3.05, 3.63) is 0 Å². The van der Waals surface area contributed by atoms with Crippen LogP contribution in [0.15, 0.2) is 0 Å². The maximum absolute atomic E-state index is 12.8. The molecule has 0 aromatic rings. The monoisotopic (exact) mass is 215 g/mol. The Kier molecular flexibility index (Phi) is 3.62. The van der Waals surface area contributed by atoms with Gasteiger partial charge in [-0.2, -0.15) is 0 Å². The third-order valence-corrected chi connectivity index (χ3v) is 3.44. The highest BCUT2D eigenvalue weighted by molar-refractivity contribution is 4.89. The van der Waals surface area contributed by atoms with E-state index in [0.29, 0.717) is 31.3 Å². The number of hydrogen-bond donors (Lipinski definition) is 0. The molecule has 2 aliphatic rings. The van der Waals surface area contributed by atoms with Crippen LogP contribution in [0.3, 0.4) is 0 Å². The van der Waals surface area contributed by atoms with Crippen LogP contribution in [-0.4, -0.2) is 42.4 Å². The predicted octanol–water partition coefficient (Wildman–Crippen LogP) is 2.38. The first kappa shape index (κ1) is 11.3. The first-order valence-corrected chi connectivity index (χ1v) is 6.18. The Balaban J connectivity index is 1.77. The van der Waals surface area contributed by atoms with Crippen molar-refractivity contribution in [3.8, 4) is 0 Å². The lowest BCUT2D eigenvalue weighted by Crippen LogP contribution is -2.55. The maximum atomic E-state index is 12.8. The fourth-order valence-corrected chi connectivity index (χ4v) is 2.71. The molecule has 0 amide bonds. The standard InChI is InChI=1S/C12H22FNO/c1-9(2)15-12-5-3-4-11(6-12)14-7-10(13)8-14/h9-12H,3-8H2,1-2H3. The summed E-state index contributed by atoms with van der Waals surface area (Å²) in [6.45, 7) is 5.48. The molecule has 1 aliphatic carbocycles. The van der Waals surface area contributed by atoms with Crippen molar-refractivity contribution in [2.24, 2.45) is 0 Å². The summed E-state index contributed by atoms with van der Waals surface area (Å²) in [4.78, 5) is 2.28. The van der Waals surface area contributed by atoms with Crippen LogP contribution in [0.25, 0.3) is 0 Å². The molecule has 1 saturated carbocycles. The van der Waals surface area contributed by atoms with Crippen LogP contribution in [0.5, 0.6) is 0 Å². The summed E-state index contributed by atoms with van der Waals surface area (Å²) in [7, 11) is 0. The van der Waals surface area contributed by atoms with Crippen LogP contribution >= 0.6 is 0 Å². The van der Waals surface area contributed by atoms with Crippen molar-refractivity contribution in [2.45, 2.75) is 64.0 Å². The van der Waals surface area contributed by atoms with Crippen molar-refractivity contribution in [1.29, 1.82) is 0 Å². The molecule has 2 unspecified atom stereocenters. The molecule has 0 bridgehead atoms. The number of nitrogens with zero attached hydrogens (tertiary/aromatic N) is 1. The Hall–Kier alpha value is -0.150. The lowest BCUT2D eigenvalue weighted by Gasteiger charge is -2.44. The van der Waals surface area contributed by atoms with Crippen LogP contribution in [0, 0.1) is 0 Å². The second-order valence-corrected chi connectivity index (χ2v) is 5.18. The van der Waals surface area contributed by atoms with E-state index in [2.05, 4.69) is 18.7 Å². The van der Waals surface area contributed by atoms with E-state index >= 15 is 0 Å². The van der Waals surface area contributed by atoms with E-state index in [1.165, 1.54) is 19.3 Å². The summed E-state index contributed by atoms with van der Waals surface area (Å²) in [6, 6.07) is 0.578. The van der Waals surface area contributed by atoms with Gasteiger partial charge in [0, 0.05) is 19.1 Å². The topological polar surface area (TPSA) is 12.5 Å². The fraction of sp³-hybridized carbons (Fsp3) is 1.00. The summed E-state index contributed by atoms with van der Waals surface area (Å²) in [5, 5.41) is 0. The van der Waals surface area contributed by atoms with E-state index in [0.717, 1.165) is 6.42 Å². The zero-order chi connectivity index (χ0) is 10.8. The van der Waals surface area contributed by atoms with Gasteiger partial charge in [-0.25, -0.2) is 4.39 Å². The quantitative estimate of drug-likeness (QED) is 0.716. The molecule has 1 heterocycles. The third-order valence-electron chi connectivity index (χ3n) is 3.44. The van der Waals surface area contributed by atoms with E-state index in [-0.39, 0.29) is 0 Å². The molecule has 1 saturated heterocycles. The smallest absolute Gasteiger partial charge is 0.125 e. The number of alkyl halides is 1. The van der Waals surface area contributed by atoms with Gasteiger partial charge in [-0.3, -0.25) is 4.90 Å². The first-order chi connectivity index (χ1) is 7.15. The number of halogens is 1. The molecule has 3 heteroatoms. The Morgan fingerprint density at radius 3 is 2.60 bits per heavy atom. The summed E-state index contributed by atoms with van der Waals surface area (Å²) < 4.78 is 18.6. The van der Waals surface area contributed by atoms with Crippen LogP contribution in [0.2, 0.25) is 0 Å². The average molecular weight is 215 g/mol. The lowest BCUT2D eigenvalue weighted by molar-refractivity contribution is -0.0557. The van der Waals surface area contributed by atoms with Gasteiger partial charge in [-0.15, -0.1) is 0 Å². The molecule has 0 N–H and O–H groups in total. The van der Waals surface area contributed by atoms with E-state index in [4.69, 9.17) is 4.74 Å². The number of likely N-dealkylation sites (tertiary alicyclic amines) is 1. The Bertz CT molecular complexity index is 204. The minimum absolute atomic E-state index is 0.319. The minimum atomic E-state index is -0.573. The zero-order valence-electron chi connectivity index (χ0n) is 9.79. The molecule has 0 aromatic heterocycles. The Morgan fingerprint density at radius 1 is 1.27 bits per heavy atom. The van der Waals surface area contributed by atoms with Crippen molar-refractivity contribution in [1.82, 2.24) is 4.90 Å². The van der Waals surface area contributed by atoms with Crippen LogP contribution in [0.1, 0.15) is 39.5 Å². The summed E-state index contributed by atoms with van der Waals surface area (Å²) in [5.74, 6) is 0. The third kappa shape index (κ3) is 2.91. The highest BCUT2D eigenvalue weighted by Gasteiger charge is 2.35. The molecular formula is C12H22FNO. The fourth-order valence-electron chi connectivity index (χ4n) is 2.71. The van der Waals surface area contributed by atoms with Gasteiger partial charge >= 0.3 is 0 Å². The lowest BCUT2D eigenvalue weighted by atomic mass is 9.89. The second kappa shape index (κ2) is 4.79. The highest BCUT2D eigenvalue weighted by atomic mass is 19.1. The maximum Gasteiger partial charge on any atom is 0.125 e. The molecule has 1 aliphatic heterocycles. The van der Waals surface area contributed by atoms with Crippen molar-refractivity contribution < 1.29 is 9.13 Å². The van der Waals surface area contributed by atoms with Crippen molar-refractivity contribution in [2.75, 3.05) is 13.1 Å². The normalized spacial score (nSPS) is 34.4. The minimum Gasteiger partial charge on any atom is -0.376 e. The van der Waals surface area contributed by atoms with Crippen LogP contribution in [0.4, 0.5) is 4.39 Å². The molecule has 2 nitrogen and oxygen atoms in total. The van der Waals surface area contributed by atoms with Crippen LogP contribution in [-0.2, 0) is 4.74 Å². The van der Waals surface area contributed by atoms with E-state index in [1.807, 2.05) is 0 Å². The molecule has 2 fully saturated rings. The average Bonchev–Trinajstić information content (AvgIpc) is 2.12. The first-order valence-electron chi connectivity index (χ1n) is 6.18. The van der Waals surface area contributed by atoms with Gasteiger partial charge in [0.15, 0.2) is 0 Å². The molecule has 2 atom stereocenters. The van der Waals surface area contributed by atoms with Gasteiger partial charge in [0.2, 0.25) is 0 Å². The Labute approximate surface area is 91.8 Å². The van der Waals surface area contributed by atoms with Gasteiger partial charge in [-0.05, 0) is 39.5 Å². The van der Waals surface area contributed by atoms with E-state index in [9.17, 15) is 4.39 Å². The van der Waals surface area contributed by atoms with Crippen molar-refractivity contribution in [3.63, 3.8) is 0 Å². The summed E-state index contributed by atoms with van der Waals surface area (Å²) in [6.07, 6.45) is 4.89. The largest absolute Gasteiger partial charge is 0.376 e. The highest BCUT2D eigenvalue weighted by Crippen LogP contribution is 2.29. The number of hydrogen-bond acceptors (Lipinski definition) is 2. The van der Waals surface area contributed by atoms with Gasteiger partial charge in [0.05, 0.1) is 12.2 Å². The van der Waals surface area contributed by atoms with E-state index < -0.39 is 6.17 Å². The van der Waals surface area contributed by atoms with Crippen molar-refractivity contribution >= 4 is 0 Å². The zero-order valence-corrected chi connectivity index (χ0v) is 9.79. The predicted molar refractivity (Wildman–Crippen MR) is 58.7 cm³/mol. The molecular weight excluding hydrogens is 193 g/mol. The van der Waals surface area contributed by atoms with Crippen LogP contribution < -0.4 is 0 Å². The van der Waals surface area contributed by atoms with Gasteiger partial charge < -0.3 is 4.74 Å². The molecule has 0 spiro atoms. The summed E-state index contributed by atoms with van der Waals surface area (Å²) >= 11 is 0. The Morgan fingerprint density at radius 2 is 2.00 bits per heavy atom. The van der Waals surface area contributed by atoms with Gasteiger partial charge in [-0.1, -0.05) is 0 Å². The second-order valence-electron chi connectivity index (χ2n) is 5.18. The SMILES string of the molecule is CC(C)OC1CCCC(N2CC(F)C2)C1.